The topological polar surface area (TPSA) is 22.1 Å². The van der Waals surface area contributed by atoms with E-state index in [-0.39, 0.29) is 16.7 Å². The number of pyridine rings is 1. The van der Waals surface area contributed by atoms with E-state index in [0.29, 0.717) is 0 Å². The molecule has 0 N–H and O–H groups in total. The average molecular weight is 195 g/mol. The highest BCUT2D eigenvalue weighted by atomic mass is 19.1. The summed E-state index contributed by atoms with van der Waals surface area (Å²) in [5.74, 6) is -1.82. The molecule has 14 heavy (non-hydrogen) atoms. The Morgan fingerprint density at radius 2 is 2.14 bits per heavy atom. The van der Waals surface area contributed by atoms with Crippen molar-refractivity contribution in [2.24, 2.45) is 0 Å². The lowest BCUT2D eigenvalue weighted by Crippen LogP contribution is -1.94. The number of methoxy groups -OCH3 is 1. The van der Waals surface area contributed by atoms with Crippen molar-refractivity contribution in [3.8, 4) is 5.75 Å². The number of fused-ring (bicyclic) bond motifs is 1. The van der Waals surface area contributed by atoms with Gasteiger partial charge in [0, 0.05) is 17.6 Å². The van der Waals surface area contributed by atoms with Gasteiger partial charge in [0.25, 0.3) is 0 Å². The van der Waals surface area contributed by atoms with E-state index in [2.05, 4.69) is 9.72 Å². The van der Waals surface area contributed by atoms with Crippen LogP contribution in [-0.4, -0.2) is 12.1 Å². The lowest BCUT2D eigenvalue weighted by atomic mass is 10.2. The second kappa shape index (κ2) is 3.21. The van der Waals surface area contributed by atoms with Crippen LogP contribution in [0.4, 0.5) is 8.78 Å². The molecule has 0 amide bonds. The van der Waals surface area contributed by atoms with Crippen molar-refractivity contribution in [1.82, 2.24) is 4.98 Å². The highest BCUT2D eigenvalue weighted by Gasteiger charge is 2.13. The van der Waals surface area contributed by atoms with Gasteiger partial charge in [0.05, 0.1) is 12.6 Å². The molecule has 2 aromatic rings. The minimum Gasteiger partial charge on any atom is -0.491 e. The van der Waals surface area contributed by atoms with Crippen LogP contribution >= 0.6 is 0 Å². The zero-order valence-electron chi connectivity index (χ0n) is 7.42. The number of hydrogen-bond donors (Lipinski definition) is 0. The predicted molar refractivity (Wildman–Crippen MR) is 48.2 cm³/mol. The molecule has 0 saturated carbocycles. The molecule has 0 saturated heterocycles. The molecular formula is C10H7F2NO. The standard InChI is InChI=1S/C10H7F2NO/c1-14-10-7(11)5-8-6(9(10)12)3-2-4-13-8/h2-5H,1H3. The second-order valence-corrected chi connectivity index (χ2v) is 2.78. The van der Waals surface area contributed by atoms with Crippen LogP contribution in [0.3, 0.4) is 0 Å². The monoisotopic (exact) mass is 195 g/mol. The number of rotatable bonds is 1. The number of ether oxygens (including phenoxy) is 1. The van der Waals surface area contributed by atoms with Gasteiger partial charge in [0.1, 0.15) is 0 Å². The smallest absolute Gasteiger partial charge is 0.191 e. The number of aromatic nitrogens is 1. The maximum atomic E-state index is 13.5. The number of nitrogens with zero attached hydrogens (tertiary/aromatic N) is 1. The van der Waals surface area contributed by atoms with Gasteiger partial charge in [0.15, 0.2) is 17.4 Å². The molecule has 1 aromatic heterocycles. The first kappa shape index (κ1) is 8.87. The first-order valence-electron chi connectivity index (χ1n) is 4.00. The number of halogens is 2. The first-order valence-corrected chi connectivity index (χ1v) is 4.00. The van der Waals surface area contributed by atoms with Gasteiger partial charge < -0.3 is 4.74 Å². The molecule has 2 rings (SSSR count). The summed E-state index contributed by atoms with van der Waals surface area (Å²) < 4.78 is 31.3. The summed E-state index contributed by atoms with van der Waals surface area (Å²) in [5.41, 5.74) is 0.281. The van der Waals surface area contributed by atoms with Gasteiger partial charge in [-0.2, -0.15) is 0 Å². The Morgan fingerprint density at radius 3 is 2.86 bits per heavy atom. The fourth-order valence-corrected chi connectivity index (χ4v) is 1.32. The van der Waals surface area contributed by atoms with Crippen LogP contribution in [0.15, 0.2) is 24.4 Å². The van der Waals surface area contributed by atoms with Gasteiger partial charge in [-0.25, -0.2) is 8.78 Å². The van der Waals surface area contributed by atoms with Gasteiger partial charge in [-0.1, -0.05) is 0 Å². The summed E-state index contributed by atoms with van der Waals surface area (Å²) in [5, 5.41) is 0.255. The molecule has 2 nitrogen and oxygen atoms in total. The largest absolute Gasteiger partial charge is 0.491 e. The third-order valence-electron chi connectivity index (χ3n) is 1.96. The lowest BCUT2D eigenvalue weighted by Gasteiger charge is -2.05. The van der Waals surface area contributed by atoms with E-state index in [9.17, 15) is 8.78 Å². The molecule has 0 aliphatic rings. The molecule has 1 aromatic carbocycles. The third-order valence-corrected chi connectivity index (χ3v) is 1.96. The molecule has 1 heterocycles. The first-order chi connectivity index (χ1) is 6.74. The summed E-state index contributed by atoms with van der Waals surface area (Å²) in [6.07, 6.45) is 1.48. The van der Waals surface area contributed by atoms with Crippen molar-refractivity contribution < 1.29 is 13.5 Å². The maximum Gasteiger partial charge on any atom is 0.191 e. The second-order valence-electron chi connectivity index (χ2n) is 2.78. The van der Waals surface area contributed by atoms with Gasteiger partial charge in [-0.15, -0.1) is 0 Å². The van der Waals surface area contributed by atoms with E-state index in [4.69, 9.17) is 0 Å². The zero-order valence-corrected chi connectivity index (χ0v) is 7.42. The number of benzene rings is 1. The van der Waals surface area contributed by atoms with Crippen LogP contribution in [0.2, 0.25) is 0 Å². The van der Waals surface area contributed by atoms with Crippen molar-refractivity contribution in [3.05, 3.63) is 36.0 Å². The molecule has 0 bridgehead atoms. The molecule has 0 aliphatic carbocycles. The average Bonchev–Trinajstić information content (AvgIpc) is 2.18. The fourth-order valence-electron chi connectivity index (χ4n) is 1.32. The highest BCUT2D eigenvalue weighted by Crippen LogP contribution is 2.27. The normalized spacial score (nSPS) is 10.5. The highest BCUT2D eigenvalue weighted by molar-refractivity contribution is 5.80. The zero-order chi connectivity index (χ0) is 10.1. The van der Waals surface area contributed by atoms with Crippen LogP contribution < -0.4 is 4.74 Å². The molecule has 0 spiro atoms. The van der Waals surface area contributed by atoms with E-state index in [0.717, 1.165) is 6.07 Å². The van der Waals surface area contributed by atoms with E-state index < -0.39 is 11.6 Å². The summed E-state index contributed by atoms with van der Waals surface area (Å²) >= 11 is 0. The van der Waals surface area contributed by atoms with Crippen LogP contribution in [0, 0.1) is 11.6 Å². The molecular weight excluding hydrogens is 188 g/mol. The van der Waals surface area contributed by atoms with Gasteiger partial charge in [-0.3, -0.25) is 4.98 Å². The Kier molecular flexibility index (Phi) is 2.04. The van der Waals surface area contributed by atoms with E-state index in [1.165, 1.54) is 19.4 Å². The Hall–Kier alpha value is -1.71. The minimum atomic E-state index is -0.740. The molecule has 0 atom stereocenters. The van der Waals surface area contributed by atoms with Gasteiger partial charge >= 0.3 is 0 Å². The van der Waals surface area contributed by atoms with Gasteiger partial charge in [0.2, 0.25) is 0 Å². The minimum absolute atomic E-state index is 0.255. The quantitative estimate of drug-likeness (QED) is 0.697. The van der Waals surface area contributed by atoms with E-state index in [1.807, 2.05) is 0 Å². The molecule has 0 fully saturated rings. The Bertz CT molecular complexity index is 485. The van der Waals surface area contributed by atoms with Crippen LogP contribution in [0.5, 0.6) is 5.75 Å². The van der Waals surface area contributed by atoms with Crippen LogP contribution in [0.1, 0.15) is 0 Å². The van der Waals surface area contributed by atoms with Crippen molar-refractivity contribution in [2.75, 3.05) is 7.11 Å². The lowest BCUT2D eigenvalue weighted by molar-refractivity contribution is 0.362. The number of hydrogen-bond acceptors (Lipinski definition) is 2. The Labute approximate surface area is 79.1 Å². The SMILES string of the molecule is COc1c(F)cc2ncccc2c1F. The molecule has 0 aliphatic heterocycles. The molecule has 0 radical (unpaired) electrons. The van der Waals surface area contributed by atoms with Crippen LogP contribution in [0.25, 0.3) is 10.9 Å². The summed E-state index contributed by atoms with van der Waals surface area (Å²) in [4.78, 5) is 3.84. The summed E-state index contributed by atoms with van der Waals surface area (Å²) in [7, 11) is 1.23. The molecule has 4 heteroatoms. The maximum absolute atomic E-state index is 13.5. The van der Waals surface area contributed by atoms with Crippen LogP contribution in [-0.2, 0) is 0 Å². The Morgan fingerprint density at radius 1 is 1.36 bits per heavy atom. The van der Waals surface area contributed by atoms with Crippen molar-refractivity contribution >= 4 is 10.9 Å². The molecule has 0 unspecified atom stereocenters. The van der Waals surface area contributed by atoms with Gasteiger partial charge in [-0.05, 0) is 12.1 Å². The summed E-state index contributed by atoms with van der Waals surface area (Å²) in [6, 6.07) is 4.26. The predicted octanol–water partition coefficient (Wildman–Crippen LogP) is 2.52. The summed E-state index contributed by atoms with van der Waals surface area (Å²) in [6.45, 7) is 0. The van der Waals surface area contributed by atoms with Crippen molar-refractivity contribution in [2.45, 2.75) is 0 Å². The molecule has 72 valence electrons. The third kappa shape index (κ3) is 1.19. The Balaban J connectivity index is 2.86. The fraction of sp³-hybridized carbons (Fsp3) is 0.100. The van der Waals surface area contributed by atoms with E-state index >= 15 is 0 Å². The van der Waals surface area contributed by atoms with Crippen molar-refractivity contribution in [3.63, 3.8) is 0 Å². The van der Waals surface area contributed by atoms with Crippen molar-refractivity contribution in [1.29, 1.82) is 0 Å². The van der Waals surface area contributed by atoms with E-state index in [1.54, 1.807) is 6.07 Å².